The lowest BCUT2D eigenvalue weighted by Gasteiger charge is -2.33. The molecule has 0 bridgehead atoms. The van der Waals surface area contributed by atoms with Crippen LogP contribution < -0.4 is 0 Å². The van der Waals surface area contributed by atoms with Gasteiger partial charge in [-0.05, 0) is 6.07 Å². The normalized spacial score (nSPS) is 29.1. The zero-order chi connectivity index (χ0) is 13.0. The minimum atomic E-state index is -3.26. The number of fused-ring (bicyclic) bond motifs is 2. The highest BCUT2D eigenvalue weighted by atomic mass is 32.2. The number of carbonyl (C=O) groups is 1. The molecule has 0 aromatic heterocycles. The molecule has 4 nitrogen and oxygen atoms in total. The first-order valence-electron chi connectivity index (χ1n) is 5.68. The van der Waals surface area contributed by atoms with Gasteiger partial charge in [0.05, 0.1) is 10.6 Å². The highest BCUT2D eigenvalue weighted by molar-refractivity contribution is 7.91. The van der Waals surface area contributed by atoms with Crippen LogP contribution in [0.3, 0.4) is 0 Å². The number of carbonyl (C=O) groups excluding carboxylic acids is 1. The van der Waals surface area contributed by atoms with Crippen LogP contribution in [-0.4, -0.2) is 20.1 Å². The van der Waals surface area contributed by atoms with E-state index >= 15 is 0 Å². The molecule has 1 spiro atoms. The van der Waals surface area contributed by atoms with Crippen LogP contribution in [0.15, 0.2) is 41.3 Å². The number of ether oxygens (including phenoxy) is 1. The molecule has 94 valence electrons. The molecule has 1 aromatic carbocycles. The van der Waals surface area contributed by atoms with Gasteiger partial charge in [-0.2, -0.15) is 0 Å². The Morgan fingerprint density at radius 1 is 1.28 bits per heavy atom. The van der Waals surface area contributed by atoms with Crippen LogP contribution in [0.5, 0.6) is 0 Å². The van der Waals surface area contributed by atoms with Crippen molar-refractivity contribution in [2.24, 2.45) is 0 Å². The minimum absolute atomic E-state index is 0.00454. The second kappa shape index (κ2) is 3.45. The van der Waals surface area contributed by atoms with E-state index in [1.165, 1.54) is 0 Å². The van der Waals surface area contributed by atoms with Crippen LogP contribution in [0, 0.1) is 0 Å². The Labute approximate surface area is 105 Å². The van der Waals surface area contributed by atoms with Crippen molar-refractivity contribution in [1.82, 2.24) is 0 Å². The standard InChI is InChI=1S/C13H12O4S/c1-9-8-13(17-12(9)14)6-7-18(15,16)11-5-3-2-4-10(11)13/h2-5H,1,6-8H2/t13-/m1/s1. The number of hydrogen-bond acceptors (Lipinski definition) is 4. The summed E-state index contributed by atoms with van der Waals surface area (Å²) in [7, 11) is -3.26. The fourth-order valence-electron chi connectivity index (χ4n) is 2.65. The molecule has 1 saturated heterocycles. The first-order valence-corrected chi connectivity index (χ1v) is 7.33. The van der Waals surface area contributed by atoms with Gasteiger partial charge in [0.25, 0.3) is 0 Å². The molecular weight excluding hydrogens is 252 g/mol. The fourth-order valence-corrected chi connectivity index (χ4v) is 4.34. The van der Waals surface area contributed by atoms with E-state index < -0.39 is 21.4 Å². The zero-order valence-corrected chi connectivity index (χ0v) is 10.5. The lowest BCUT2D eigenvalue weighted by atomic mass is 9.87. The summed E-state index contributed by atoms with van der Waals surface area (Å²) in [6.45, 7) is 3.67. The van der Waals surface area contributed by atoms with E-state index in [2.05, 4.69) is 6.58 Å². The van der Waals surface area contributed by atoms with Crippen LogP contribution in [0.25, 0.3) is 0 Å². The van der Waals surface area contributed by atoms with Gasteiger partial charge in [-0.1, -0.05) is 24.8 Å². The Hall–Kier alpha value is -1.62. The third kappa shape index (κ3) is 1.43. The smallest absolute Gasteiger partial charge is 0.334 e. The number of benzene rings is 1. The molecule has 2 heterocycles. The zero-order valence-electron chi connectivity index (χ0n) is 9.68. The second-order valence-electron chi connectivity index (χ2n) is 4.73. The quantitative estimate of drug-likeness (QED) is 0.527. The fraction of sp³-hybridized carbons (Fsp3) is 0.308. The summed E-state index contributed by atoms with van der Waals surface area (Å²) in [5.41, 5.74) is 0.170. The van der Waals surface area contributed by atoms with E-state index in [0.717, 1.165) is 0 Å². The van der Waals surface area contributed by atoms with Gasteiger partial charge in [-0.3, -0.25) is 0 Å². The lowest BCUT2D eigenvalue weighted by Crippen LogP contribution is -2.35. The second-order valence-corrected chi connectivity index (χ2v) is 6.81. The summed E-state index contributed by atoms with van der Waals surface area (Å²) in [5, 5.41) is 0. The summed E-state index contributed by atoms with van der Waals surface area (Å²) in [4.78, 5) is 11.8. The predicted octanol–water partition coefficient (Wildman–Crippen LogP) is 1.56. The van der Waals surface area contributed by atoms with Crippen molar-refractivity contribution < 1.29 is 17.9 Å². The predicted molar refractivity (Wildman–Crippen MR) is 64.6 cm³/mol. The van der Waals surface area contributed by atoms with Gasteiger partial charge in [0.1, 0.15) is 5.60 Å². The molecular formula is C13H12O4S. The summed E-state index contributed by atoms with van der Waals surface area (Å²) in [5.74, 6) is -0.422. The highest BCUT2D eigenvalue weighted by Gasteiger charge is 2.49. The molecule has 0 aliphatic carbocycles. The van der Waals surface area contributed by atoms with Crippen molar-refractivity contribution in [3.8, 4) is 0 Å². The first kappa shape index (κ1) is 11.5. The van der Waals surface area contributed by atoms with Crippen molar-refractivity contribution >= 4 is 15.8 Å². The Balaban J connectivity index is 2.23. The number of sulfone groups is 1. The maximum absolute atomic E-state index is 12.0. The van der Waals surface area contributed by atoms with Gasteiger partial charge in [-0.15, -0.1) is 0 Å². The summed E-state index contributed by atoms with van der Waals surface area (Å²) >= 11 is 0. The molecule has 18 heavy (non-hydrogen) atoms. The summed E-state index contributed by atoms with van der Waals surface area (Å²) in [6, 6.07) is 6.73. The van der Waals surface area contributed by atoms with Gasteiger partial charge in [0, 0.05) is 24.0 Å². The monoisotopic (exact) mass is 264 g/mol. The van der Waals surface area contributed by atoms with Crippen molar-refractivity contribution in [1.29, 1.82) is 0 Å². The number of esters is 1. The third-order valence-corrected chi connectivity index (χ3v) is 5.33. The Bertz CT molecular complexity index is 641. The Kier molecular flexibility index (Phi) is 2.20. The van der Waals surface area contributed by atoms with Gasteiger partial charge < -0.3 is 4.74 Å². The molecule has 1 aromatic rings. The van der Waals surface area contributed by atoms with Crippen molar-refractivity contribution in [3.63, 3.8) is 0 Å². The molecule has 0 amide bonds. The van der Waals surface area contributed by atoms with E-state index in [9.17, 15) is 13.2 Å². The average molecular weight is 264 g/mol. The van der Waals surface area contributed by atoms with E-state index in [4.69, 9.17) is 4.74 Å². The van der Waals surface area contributed by atoms with Gasteiger partial charge in [0.15, 0.2) is 9.84 Å². The SMILES string of the molecule is C=C1C[C@@]2(CCS(=O)(=O)c3ccccc32)OC1=O. The van der Waals surface area contributed by atoms with E-state index in [0.29, 0.717) is 24.0 Å². The molecule has 0 saturated carbocycles. The van der Waals surface area contributed by atoms with Crippen LogP contribution >= 0.6 is 0 Å². The van der Waals surface area contributed by atoms with Crippen LogP contribution in [0.1, 0.15) is 18.4 Å². The molecule has 0 unspecified atom stereocenters. The van der Waals surface area contributed by atoms with Crippen LogP contribution in [0.2, 0.25) is 0 Å². The van der Waals surface area contributed by atoms with Gasteiger partial charge in [-0.25, -0.2) is 13.2 Å². The molecule has 0 N–H and O–H groups in total. The maximum atomic E-state index is 12.0. The van der Waals surface area contributed by atoms with Crippen LogP contribution in [0.4, 0.5) is 0 Å². The molecule has 1 fully saturated rings. The number of rotatable bonds is 0. The molecule has 2 aliphatic heterocycles. The van der Waals surface area contributed by atoms with Gasteiger partial charge >= 0.3 is 5.97 Å². The van der Waals surface area contributed by atoms with E-state index in [1.54, 1.807) is 24.3 Å². The minimum Gasteiger partial charge on any atom is -0.450 e. The summed E-state index contributed by atoms with van der Waals surface area (Å²) < 4.78 is 29.4. The topological polar surface area (TPSA) is 60.4 Å². The van der Waals surface area contributed by atoms with Gasteiger partial charge in [0.2, 0.25) is 0 Å². The molecule has 2 aliphatic rings. The molecule has 1 atom stereocenters. The van der Waals surface area contributed by atoms with Crippen LogP contribution in [-0.2, 0) is 25.0 Å². The largest absolute Gasteiger partial charge is 0.450 e. The molecule has 0 radical (unpaired) electrons. The number of hydrogen-bond donors (Lipinski definition) is 0. The molecule has 5 heteroatoms. The Morgan fingerprint density at radius 2 is 2.00 bits per heavy atom. The Morgan fingerprint density at radius 3 is 2.67 bits per heavy atom. The van der Waals surface area contributed by atoms with E-state index in [-0.39, 0.29) is 10.6 Å². The summed E-state index contributed by atoms with van der Waals surface area (Å²) in [6.07, 6.45) is 0.676. The first-order chi connectivity index (χ1) is 8.45. The van der Waals surface area contributed by atoms with Crippen molar-refractivity contribution in [2.75, 3.05) is 5.75 Å². The van der Waals surface area contributed by atoms with Crippen molar-refractivity contribution in [2.45, 2.75) is 23.3 Å². The lowest BCUT2D eigenvalue weighted by molar-refractivity contribution is -0.147. The highest BCUT2D eigenvalue weighted by Crippen LogP contribution is 2.47. The van der Waals surface area contributed by atoms with E-state index in [1.807, 2.05) is 0 Å². The third-order valence-electron chi connectivity index (χ3n) is 3.56. The maximum Gasteiger partial charge on any atom is 0.334 e. The average Bonchev–Trinajstić information content (AvgIpc) is 2.63. The van der Waals surface area contributed by atoms with Crippen molar-refractivity contribution in [3.05, 3.63) is 42.0 Å². The molecule has 3 rings (SSSR count).